The SMILES string of the molecule is CNc1cc(CN2CC(=O)NC(=O)C2C)ccc1[N+](=O)[O-]. The number of amides is 2. The molecule has 1 aromatic rings. The first-order chi connectivity index (χ1) is 9.92. The summed E-state index contributed by atoms with van der Waals surface area (Å²) in [6.07, 6.45) is 0. The van der Waals surface area contributed by atoms with Gasteiger partial charge in [-0.3, -0.25) is 29.9 Å². The number of nitrogens with one attached hydrogen (secondary N) is 2. The molecular formula is C13H16N4O4. The normalized spacial score (nSPS) is 19.2. The Hall–Kier alpha value is -2.48. The minimum Gasteiger partial charge on any atom is -0.383 e. The molecular weight excluding hydrogens is 276 g/mol. The van der Waals surface area contributed by atoms with E-state index in [1.807, 2.05) is 0 Å². The second kappa shape index (κ2) is 5.88. The second-order valence-electron chi connectivity index (χ2n) is 4.85. The number of hydrogen-bond acceptors (Lipinski definition) is 6. The number of carbonyl (C=O) groups is 2. The van der Waals surface area contributed by atoms with Gasteiger partial charge in [0.2, 0.25) is 11.8 Å². The lowest BCUT2D eigenvalue weighted by atomic mass is 10.1. The van der Waals surface area contributed by atoms with Gasteiger partial charge >= 0.3 is 0 Å². The van der Waals surface area contributed by atoms with Crippen molar-refractivity contribution in [1.29, 1.82) is 0 Å². The maximum atomic E-state index is 11.6. The first-order valence-corrected chi connectivity index (χ1v) is 6.45. The van der Waals surface area contributed by atoms with Gasteiger partial charge in [0.15, 0.2) is 0 Å². The average molecular weight is 292 g/mol. The Labute approximate surface area is 121 Å². The lowest BCUT2D eigenvalue weighted by Crippen LogP contribution is -2.56. The Kier molecular flexibility index (Phi) is 4.18. The molecule has 2 rings (SSSR count). The van der Waals surface area contributed by atoms with Crippen LogP contribution in [-0.2, 0) is 16.1 Å². The third-order valence-corrected chi connectivity index (χ3v) is 3.45. The number of benzene rings is 1. The van der Waals surface area contributed by atoms with Crippen LogP contribution in [0.1, 0.15) is 12.5 Å². The third-order valence-electron chi connectivity index (χ3n) is 3.45. The number of carbonyl (C=O) groups excluding carboxylic acids is 2. The first kappa shape index (κ1) is 14.9. The van der Waals surface area contributed by atoms with Gasteiger partial charge in [-0.2, -0.15) is 0 Å². The predicted octanol–water partition coefficient (Wildman–Crippen LogP) is 0.483. The van der Waals surface area contributed by atoms with Crippen LogP contribution in [0.5, 0.6) is 0 Å². The summed E-state index contributed by atoms with van der Waals surface area (Å²) < 4.78 is 0. The fourth-order valence-corrected chi connectivity index (χ4v) is 2.24. The van der Waals surface area contributed by atoms with Crippen LogP contribution in [0.15, 0.2) is 18.2 Å². The van der Waals surface area contributed by atoms with Crippen LogP contribution in [0.2, 0.25) is 0 Å². The summed E-state index contributed by atoms with van der Waals surface area (Å²) in [5.74, 6) is -0.671. The molecule has 112 valence electrons. The summed E-state index contributed by atoms with van der Waals surface area (Å²) in [6.45, 7) is 2.21. The highest BCUT2D eigenvalue weighted by atomic mass is 16.6. The Morgan fingerprint density at radius 2 is 2.19 bits per heavy atom. The number of imide groups is 1. The van der Waals surface area contributed by atoms with Gasteiger partial charge < -0.3 is 5.32 Å². The van der Waals surface area contributed by atoms with E-state index in [1.165, 1.54) is 6.07 Å². The number of nitrogens with zero attached hydrogens (tertiary/aromatic N) is 2. The number of hydrogen-bond donors (Lipinski definition) is 2. The Morgan fingerprint density at radius 1 is 1.48 bits per heavy atom. The zero-order valence-electron chi connectivity index (χ0n) is 11.8. The van der Waals surface area contributed by atoms with Gasteiger partial charge in [-0.05, 0) is 18.6 Å². The molecule has 1 fully saturated rings. The highest BCUT2D eigenvalue weighted by molar-refractivity contribution is 6.00. The minimum absolute atomic E-state index is 0.0123. The van der Waals surface area contributed by atoms with Gasteiger partial charge in [-0.25, -0.2) is 0 Å². The van der Waals surface area contributed by atoms with E-state index < -0.39 is 11.0 Å². The standard InChI is InChI=1S/C13H16N4O4/c1-8-13(19)15-12(18)7-16(8)6-9-3-4-11(17(20)21)10(5-9)14-2/h3-5,8,14H,6-7H2,1-2H3,(H,15,18,19). The monoisotopic (exact) mass is 292 g/mol. The molecule has 1 heterocycles. The van der Waals surface area contributed by atoms with E-state index >= 15 is 0 Å². The largest absolute Gasteiger partial charge is 0.383 e. The molecule has 8 heteroatoms. The summed E-state index contributed by atoms with van der Waals surface area (Å²) in [7, 11) is 1.60. The topological polar surface area (TPSA) is 105 Å². The van der Waals surface area contributed by atoms with E-state index in [4.69, 9.17) is 0 Å². The van der Waals surface area contributed by atoms with Crippen molar-refractivity contribution in [3.05, 3.63) is 33.9 Å². The maximum absolute atomic E-state index is 11.6. The Morgan fingerprint density at radius 3 is 2.81 bits per heavy atom. The quantitative estimate of drug-likeness (QED) is 0.475. The van der Waals surface area contributed by atoms with E-state index in [2.05, 4.69) is 10.6 Å². The van der Waals surface area contributed by atoms with E-state index in [0.29, 0.717) is 12.2 Å². The van der Waals surface area contributed by atoms with Crippen LogP contribution < -0.4 is 10.6 Å². The summed E-state index contributed by atoms with van der Waals surface area (Å²) in [5.41, 5.74) is 1.18. The van der Waals surface area contributed by atoms with E-state index in [1.54, 1.807) is 31.0 Å². The van der Waals surface area contributed by atoms with E-state index in [9.17, 15) is 19.7 Å². The molecule has 1 atom stereocenters. The summed E-state index contributed by atoms with van der Waals surface area (Å²) in [6, 6.07) is 4.28. The molecule has 2 amide bonds. The number of nitro benzene ring substituents is 1. The lowest BCUT2D eigenvalue weighted by Gasteiger charge is -2.31. The Balaban J connectivity index is 2.21. The Bertz CT molecular complexity index is 602. The van der Waals surface area contributed by atoms with Crippen molar-refractivity contribution in [2.75, 3.05) is 18.9 Å². The number of anilines is 1. The fourth-order valence-electron chi connectivity index (χ4n) is 2.24. The molecule has 8 nitrogen and oxygen atoms in total. The van der Waals surface area contributed by atoms with Gasteiger partial charge in [-0.1, -0.05) is 6.07 Å². The molecule has 0 saturated carbocycles. The highest BCUT2D eigenvalue weighted by Gasteiger charge is 2.30. The summed E-state index contributed by atoms with van der Waals surface area (Å²) in [4.78, 5) is 35.1. The minimum atomic E-state index is -0.462. The molecule has 0 radical (unpaired) electrons. The van der Waals surface area contributed by atoms with Gasteiger partial charge in [0.25, 0.3) is 5.69 Å². The van der Waals surface area contributed by atoms with Gasteiger partial charge in [0.05, 0.1) is 17.5 Å². The van der Waals surface area contributed by atoms with Crippen molar-refractivity contribution in [2.24, 2.45) is 0 Å². The van der Waals surface area contributed by atoms with Crippen LogP contribution in [0.3, 0.4) is 0 Å². The molecule has 2 N–H and O–H groups in total. The van der Waals surface area contributed by atoms with Crippen LogP contribution in [0, 0.1) is 10.1 Å². The zero-order valence-corrected chi connectivity index (χ0v) is 11.8. The van der Waals surface area contributed by atoms with Crippen LogP contribution in [-0.4, -0.2) is 41.3 Å². The molecule has 0 aliphatic carbocycles. The van der Waals surface area contributed by atoms with Crippen molar-refractivity contribution < 1.29 is 14.5 Å². The van der Waals surface area contributed by atoms with E-state index in [0.717, 1.165) is 5.56 Å². The van der Waals surface area contributed by atoms with Crippen molar-refractivity contribution in [3.8, 4) is 0 Å². The zero-order chi connectivity index (χ0) is 15.6. The van der Waals surface area contributed by atoms with Crippen molar-refractivity contribution >= 4 is 23.2 Å². The highest BCUT2D eigenvalue weighted by Crippen LogP contribution is 2.26. The van der Waals surface area contributed by atoms with Crippen LogP contribution in [0.25, 0.3) is 0 Å². The smallest absolute Gasteiger partial charge is 0.292 e. The molecule has 0 bridgehead atoms. The van der Waals surface area contributed by atoms with E-state index in [-0.39, 0.29) is 24.0 Å². The third kappa shape index (κ3) is 3.16. The molecule has 1 aliphatic heterocycles. The lowest BCUT2D eigenvalue weighted by molar-refractivity contribution is -0.384. The molecule has 1 aliphatic rings. The predicted molar refractivity (Wildman–Crippen MR) is 75.7 cm³/mol. The van der Waals surface area contributed by atoms with Crippen molar-refractivity contribution in [1.82, 2.24) is 10.2 Å². The van der Waals surface area contributed by atoms with Crippen LogP contribution in [0.4, 0.5) is 11.4 Å². The average Bonchev–Trinajstić information content (AvgIpc) is 2.43. The number of piperazine rings is 1. The summed E-state index contributed by atoms with van der Waals surface area (Å²) >= 11 is 0. The van der Waals surface area contributed by atoms with Crippen molar-refractivity contribution in [2.45, 2.75) is 19.5 Å². The first-order valence-electron chi connectivity index (χ1n) is 6.45. The number of rotatable bonds is 4. The molecule has 1 unspecified atom stereocenters. The molecule has 1 saturated heterocycles. The molecule has 1 aromatic carbocycles. The van der Waals surface area contributed by atoms with Gasteiger partial charge in [-0.15, -0.1) is 0 Å². The number of nitro groups is 1. The van der Waals surface area contributed by atoms with Crippen molar-refractivity contribution in [3.63, 3.8) is 0 Å². The van der Waals surface area contributed by atoms with Crippen LogP contribution >= 0.6 is 0 Å². The molecule has 0 spiro atoms. The van der Waals surface area contributed by atoms with Gasteiger partial charge in [0.1, 0.15) is 5.69 Å². The maximum Gasteiger partial charge on any atom is 0.292 e. The fraction of sp³-hybridized carbons (Fsp3) is 0.385. The molecule has 21 heavy (non-hydrogen) atoms. The summed E-state index contributed by atoms with van der Waals surface area (Å²) in [5, 5.41) is 15.9. The molecule has 0 aromatic heterocycles. The van der Waals surface area contributed by atoms with Gasteiger partial charge in [0, 0.05) is 19.7 Å². The second-order valence-corrected chi connectivity index (χ2v) is 4.85.